The SMILES string of the molecule is CCCCCCCC(CCC(C)O)c1ccccc1C=NO. The summed E-state index contributed by atoms with van der Waals surface area (Å²) in [5.74, 6) is 0.422. The Morgan fingerprint density at radius 2 is 1.77 bits per heavy atom. The highest BCUT2D eigenvalue weighted by atomic mass is 16.4. The van der Waals surface area contributed by atoms with Gasteiger partial charge in [-0.3, -0.25) is 0 Å². The maximum Gasteiger partial charge on any atom is 0.0736 e. The molecule has 0 heterocycles. The van der Waals surface area contributed by atoms with Crippen molar-refractivity contribution in [3.63, 3.8) is 0 Å². The van der Waals surface area contributed by atoms with Gasteiger partial charge in [0.2, 0.25) is 0 Å². The third kappa shape index (κ3) is 7.08. The Hall–Kier alpha value is -1.35. The molecule has 1 aromatic carbocycles. The van der Waals surface area contributed by atoms with Crippen LogP contribution in [0.3, 0.4) is 0 Å². The number of hydrogen-bond donors (Lipinski definition) is 2. The van der Waals surface area contributed by atoms with Crippen LogP contribution in [0.15, 0.2) is 29.4 Å². The van der Waals surface area contributed by atoms with E-state index < -0.39 is 0 Å². The van der Waals surface area contributed by atoms with Crippen molar-refractivity contribution in [2.75, 3.05) is 0 Å². The van der Waals surface area contributed by atoms with Crippen molar-refractivity contribution in [2.24, 2.45) is 5.16 Å². The van der Waals surface area contributed by atoms with E-state index in [4.69, 9.17) is 5.21 Å². The van der Waals surface area contributed by atoms with E-state index in [0.717, 1.165) is 24.8 Å². The summed E-state index contributed by atoms with van der Waals surface area (Å²) < 4.78 is 0. The third-order valence-electron chi connectivity index (χ3n) is 4.22. The van der Waals surface area contributed by atoms with Gasteiger partial charge in [-0.25, -0.2) is 0 Å². The Morgan fingerprint density at radius 3 is 2.45 bits per heavy atom. The molecule has 1 rings (SSSR count). The van der Waals surface area contributed by atoms with Crippen molar-refractivity contribution in [2.45, 2.75) is 77.2 Å². The Morgan fingerprint density at radius 1 is 1.05 bits per heavy atom. The van der Waals surface area contributed by atoms with E-state index in [1.807, 2.05) is 25.1 Å². The lowest BCUT2D eigenvalue weighted by atomic mass is 9.86. The van der Waals surface area contributed by atoms with Crippen molar-refractivity contribution in [3.05, 3.63) is 35.4 Å². The molecule has 22 heavy (non-hydrogen) atoms. The van der Waals surface area contributed by atoms with E-state index in [2.05, 4.69) is 18.1 Å². The molecule has 3 nitrogen and oxygen atoms in total. The Balaban J connectivity index is 2.71. The lowest BCUT2D eigenvalue weighted by Crippen LogP contribution is -2.08. The molecule has 0 aromatic heterocycles. The second-order valence-electron chi connectivity index (χ2n) is 6.20. The summed E-state index contributed by atoms with van der Waals surface area (Å²) in [5.41, 5.74) is 2.21. The van der Waals surface area contributed by atoms with Crippen molar-refractivity contribution in [1.82, 2.24) is 0 Å². The molecule has 124 valence electrons. The van der Waals surface area contributed by atoms with Crippen LogP contribution in [0, 0.1) is 0 Å². The fourth-order valence-electron chi connectivity index (χ4n) is 2.95. The molecular weight excluding hydrogens is 274 g/mol. The first-order valence-corrected chi connectivity index (χ1v) is 8.63. The summed E-state index contributed by atoms with van der Waals surface area (Å²) in [7, 11) is 0. The van der Waals surface area contributed by atoms with Gasteiger partial charge in [0.15, 0.2) is 0 Å². The molecule has 0 saturated carbocycles. The standard InChI is InChI=1S/C19H31NO2/c1-3-4-5-6-7-10-17(14-13-16(2)21)19-12-9-8-11-18(19)15-20-22/h8-9,11-12,15-17,21-22H,3-7,10,13-14H2,1-2H3. The summed E-state index contributed by atoms with van der Waals surface area (Å²) in [6.07, 6.45) is 10.5. The molecule has 0 aliphatic rings. The predicted octanol–water partition coefficient (Wildman–Crippen LogP) is 5.10. The normalized spacial score (nSPS) is 14.3. The van der Waals surface area contributed by atoms with Crippen LogP contribution in [-0.4, -0.2) is 22.6 Å². The molecule has 0 fully saturated rings. The van der Waals surface area contributed by atoms with Crippen LogP contribution in [0.1, 0.15) is 82.3 Å². The van der Waals surface area contributed by atoms with Crippen molar-refractivity contribution in [1.29, 1.82) is 0 Å². The van der Waals surface area contributed by atoms with Gasteiger partial charge >= 0.3 is 0 Å². The summed E-state index contributed by atoms with van der Waals surface area (Å²) >= 11 is 0. The Bertz CT molecular complexity index is 429. The number of unbranched alkanes of at least 4 members (excludes halogenated alkanes) is 4. The van der Waals surface area contributed by atoms with E-state index in [0.29, 0.717) is 5.92 Å². The van der Waals surface area contributed by atoms with Gasteiger partial charge in [0.1, 0.15) is 0 Å². The first kappa shape index (κ1) is 18.7. The van der Waals surface area contributed by atoms with Crippen molar-refractivity contribution >= 4 is 6.21 Å². The predicted molar refractivity (Wildman–Crippen MR) is 92.9 cm³/mol. The van der Waals surface area contributed by atoms with Crippen LogP contribution in [0.4, 0.5) is 0 Å². The number of nitrogens with zero attached hydrogens (tertiary/aromatic N) is 1. The van der Waals surface area contributed by atoms with Crippen molar-refractivity contribution in [3.8, 4) is 0 Å². The maximum atomic E-state index is 9.60. The second-order valence-corrected chi connectivity index (χ2v) is 6.20. The number of aliphatic hydroxyl groups is 1. The molecule has 0 amide bonds. The molecule has 3 heteroatoms. The Labute approximate surface area is 135 Å². The van der Waals surface area contributed by atoms with Gasteiger partial charge in [-0.15, -0.1) is 0 Å². The van der Waals surface area contributed by atoms with Gasteiger partial charge in [0.05, 0.1) is 12.3 Å². The van der Waals surface area contributed by atoms with Crippen LogP contribution in [0.25, 0.3) is 0 Å². The quantitative estimate of drug-likeness (QED) is 0.259. The maximum absolute atomic E-state index is 9.60. The van der Waals surface area contributed by atoms with Gasteiger partial charge < -0.3 is 10.3 Å². The lowest BCUT2D eigenvalue weighted by molar-refractivity contribution is 0.177. The zero-order chi connectivity index (χ0) is 16.2. The van der Waals surface area contributed by atoms with Crippen LogP contribution >= 0.6 is 0 Å². The minimum Gasteiger partial charge on any atom is -0.411 e. The number of aliphatic hydroxyl groups excluding tert-OH is 1. The minimum absolute atomic E-state index is 0.263. The summed E-state index contributed by atoms with van der Waals surface area (Å²) in [5, 5.41) is 21.6. The summed E-state index contributed by atoms with van der Waals surface area (Å²) in [6.45, 7) is 4.08. The van der Waals surface area contributed by atoms with Gasteiger partial charge in [0, 0.05) is 0 Å². The largest absolute Gasteiger partial charge is 0.411 e. The summed E-state index contributed by atoms with van der Waals surface area (Å²) in [6, 6.07) is 8.11. The molecule has 2 N–H and O–H groups in total. The van der Waals surface area contributed by atoms with Crippen molar-refractivity contribution < 1.29 is 10.3 Å². The molecule has 2 unspecified atom stereocenters. The number of hydrogen-bond acceptors (Lipinski definition) is 3. The highest BCUT2D eigenvalue weighted by Crippen LogP contribution is 2.30. The average Bonchev–Trinajstić information content (AvgIpc) is 2.51. The first-order valence-electron chi connectivity index (χ1n) is 8.63. The van der Waals surface area contributed by atoms with Crippen LogP contribution in [-0.2, 0) is 0 Å². The fourth-order valence-corrected chi connectivity index (χ4v) is 2.95. The van der Waals surface area contributed by atoms with Crippen LogP contribution in [0.5, 0.6) is 0 Å². The van der Waals surface area contributed by atoms with E-state index in [1.165, 1.54) is 43.9 Å². The average molecular weight is 305 g/mol. The van der Waals surface area contributed by atoms with Gasteiger partial charge in [-0.1, -0.05) is 68.4 Å². The zero-order valence-corrected chi connectivity index (χ0v) is 14.0. The highest BCUT2D eigenvalue weighted by Gasteiger charge is 2.15. The number of rotatable bonds is 11. The molecule has 0 aliphatic heterocycles. The van der Waals surface area contributed by atoms with Gasteiger partial charge in [0.25, 0.3) is 0 Å². The molecule has 0 spiro atoms. The monoisotopic (exact) mass is 305 g/mol. The number of oxime groups is 1. The molecule has 2 atom stereocenters. The minimum atomic E-state index is -0.263. The second kappa shape index (κ2) is 11.2. The van der Waals surface area contributed by atoms with Gasteiger partial charge in [-0.2, -0.15) is 0 Å². The number of benzene rings is 1. The zero-order valence-electron chi connectivity index (χ0n) is 14.0. The highest BCUT2D eigenvalue weighted by molar-refractivity contribution is 5.81. The van der Waals surface area contributed by atoms with Crippen LogP contribution < -0.4 is 0 Å². The molecule has 0 radical (unpaired) electrons. The Kier molecular flexibility index (Phi) is 9.56. The third-order valence-corrected chi connectivity index (χ3v) is 4.22. The van der Waals surface area contributed by atoms with E-state index in [-0.39, 0.29) is 6.10 Å². The molecule has 0 aliphatic carbocycles. The van der Waals surface area contributed by atoms with Gasteiger partial charge in [-0.05, 0) is 43.2 Å². The molecule has 0 bridgehead atoms. The molecule has 0 saturated heterocycles. The molecule has 1 aromatic rings. The van der Waals surface area contributed by atoms with E-state index in [1.54, 1.807) is 0 Å². The first-order chi connectivity index (χ1) is 10.7. The topological polar surface area (TPSA) is 52.8 Å². The summed E-state index contributed by atoms with van der Waals surface area (Å²) in [4.78, 5) is 0. The fraction of sp³-hybridized carbons (Fsp3) is 0.632. The van der Waals surface area contributed by atoms with E-state index in [9.17, 15) is 5.11 Å². The van der Waals surface area contributed by atoms with Crippen LogP contribution in [0.2, 0.25) is 0 Å². The van der Waals surface area contributed by atoms with E-state index >= 15 is 0 Å². The molecular formula is C19H31NO2. The smallest absolute Gasteiger partial charge is 0.0736 e. The lowest BCUT2D eigenvalue weighted by Gasteiger charge is -2.20.